The Bertz CT molecular complexity index is 462. The summed E-state index contributed by atoms with van der Waals surface area (Å²) >= 11 is 1.59. The Morgan fingerprint density at radius 3 is 2.38 bits per heavy atom. The standard InChI is InChI=1S/C15H22F2N2OS/c1-10(9-21-4)15(20)18-8-13(19(2)3)14-11(16)6-5-7-12(14)17/h5-7,10,13H,8-9H2,1-4H3,(H,18,20)/t10-,13-/m1/s1. The fourth-order valence-electron chi connectivity index (χ4n) is 2.07. The van der Waals surface area contributed by atoms with Gasteiger partial charge < -0.3 is 10.2 Å². The van der Waals surface area contributed by atoms with Crippen molar-refractivity contribution in [3.63, 3.8) is 0 Å². The molecule has 0 fully saturated rings. The molecule has 1 aromatic carbocycles. The van der Waals surface area contributed by atoms with Crippen LogP contribution in [-0.2, 0) is 4.79 Å². The number of carbonyl (C=O) groups is 1. The molecule has 0 spiro atoms. The van der Waals surface area contributed by atoms with Crippen molar-refractivity contribution >= 4 is 17.7 Å². The SMILES string of the molecule is CSC[C@@H](C)C(=O)NC[C@H](c1c(F)cccc1F)N(C)C. The lowest BCUT2D eigenvalue weighted by molar-refractivity contribution is -0.124. The van der Waals surface area contributed by atoms with Crippen molar-refractivity contribution in [1.82, 2.24) is 10.2 Å². The van der Waals surface area contributed by atoms with Gasteiger partial charge in [-0.3, -0.25) is 4.79 Å². The van der Waals surface area contributed by atoms with Gasteiger partial charge in [0, 0.05) is 23.8 Å². The Labute approximate surface area is 129 Å². The molecule has 0 aromatic heterocycles. The summed E-state index contributed by atoms with van der Waals surface area (Å²) in [4.78, 5) is 13.6. The molecule has 2 atom stereocenters. The number of thioether (sulfide) groups is 1. The van der Waals surface area contributed by atoms with Crippen LogP contribution in [0.5, 0.6) is 0 Å². The smallest absolute Gasteiger partial charge is 0.223 e. The molecule has 1 aromatic rings. The minimum Gasteiger partial charge on any atom is -0.354 e. The van der Waals surface area contributed by atoms with Gasteiger partial charge in [-0.15, -0.1) is 0 Å². The number of nitrogens with one attached hydrogen (secondary N) is 1. The van der Waals surface area contributed by atoms with E-state index in [9.17, 15) is 13.6 Å². The molecule has 0 bridgehead atoms. The summed E-state index contributed by atoms with van der Waals surface area (Å²) in [7, 11) is 3.46. The van der Waals surface area contributed by atoms with Crippen molar-refractivity contribution in [3.05, 3.63) is 35.4 Å². The van der Waals surface area contributed by atoms with Crippen molar-refractivity contribution in [2.75, 3.05) is 32.6 Å². The lowest BCUT2D eigenvalue weighted by atomic mass is 10.0. The summed E-state index contributed by atoms with van der Waals surface area (Å²) in [5.74, 6) is -0.714. The number of amides is 1. The Kier molecular flexibility index (Phi) is 7.11. The van der Waals surface area contributed by atoms with Crippen LogP contribution in [0, 0.1) is 17.6 Å². The molecule has 0 heterocycles. The van der Waals surface area contributed by atoms with Crippen LogP contribution in [0.15, 0.2) is 18.2 Å². The second-order valence-corrected chi connectivity index (χ2v) is 6.13. The van der Waals surface area contributed by atoms with Crippen molar-refractivity contribution in [2.45, 2.75) is 13.0 Å². The van der Waals surface area contributed by atoms with Gasteiger partial charge in [0.1, 0.15) is 11.6 Å². The highest BCUT2D eigenvalue weighted by Gasteiger charge is 2.23. The summed E-state index contributed by atoms with van der Waals surface area (Å²) in [5.41, 5.74) is -0.0136. The number of hydrogen-bond donors (Lipinski definition) is 1. The van der Waals surface area contributed by atoms with Crippen LogP contribution in [0.4, 0.5) is 8.78 Å². The monoisotopic (exact) mass is 316 g/mol. The van der Waals surface area contributed by atoms with Crippen LogP contribution < -0.4 is 5.32 Å². The van der Waals surface area contributed by atoms with E-state index in [1.165, 1.54) is 18.2 Å². The molecule has 0 aliphatic rings. The van der Waals surface area contributed by atoms with E-state index in [0.29, 0.717) is 5.75 Å². The predicted molar refractivity (Wildman–Crippen MR) is 83.3 cm³/mol. The van der Waals surface area contributed by atoms with E-state index in [1.54, 1.807) is 30.8 Å². The van der Waals surface area contributed by atoms with Gasteiger partial charge in [0.05, 0.1) is 6.04 Å². The molecule has 0 aliphatic carbocycles. The molecule has 0 saturated heterocycles. The molecule has 0 aliphatic heterocycles. The maximum Gasteiger partial charge on any atom is 0.223 e. The van der Waals surface area contributed by atoms with Gasteiger partial charge in [-0.1, -0.05) is 13.0 Å². The summed E-state index contributed by atoms with van der Waals surface area (Å²) in [6.07, 6.45) is 1.93. The van der Waals surface area contributed by atoms with Crippen LogP contribution in [0.25, 0.3) is 0 Å². The van der Waals surface area contributed by atoms with Crippen LogP contribution >= 0.6 is 11.8 Å². The van der Waals surface area contributed by atoms with Gasteiger partial charge in [0.25, 0.3) is 0 Å². The molecular weight excluding hydrogens is 294 g/mol. The molecule has 1 amide bonds. The minimum absolute atomic E-state index is 0.0136. The minimum atomic E-state index is -0.597. The maximum atomic E-state index is 13.9. The highest BCUT2D eigenvalue weighted by molar-refractivity contribution is 7.98. The van der Waals surface area contributed by atoms with Crippen molar-refractivity contribution < 1.29 is 13.6 Å². The van der Waals surface area contributed by atoms with Gasteiger partial charge in [-0.25, -0.2) is 8.78 Å². The molecular formula is C15H22F2N2OS. The van der Waals surface area contributed by atoms with E-state index >= 15 is 0 Å². The van der Waals surface area contributed by atoms with E-state index in [1.807, 2.05) is 13.2 Å². The van der Waals surface area contributed by atoms with Crippen LogP contribution in [-0.4, -0.2) is 43.5 Å². The molecule has 3 nitrogen and oxygen atoms in total. The molecule has 118 valence electrons. The summed E-state index contributed by atoms with van der Waals surface area (Å²) in [6, 6.07) is 3.25. The molecule has 0 saturated carbocycles. The average Bonchev–Trinajstić information content (AvgIpc) is 2.41. The quantitative estimate of drug-likeness (QED) is 0.839. The molecule has 6 heteroatoms. The Morgan fingerprint density at radius 2 is 1.90 bits per heavy atom. The first-order chi connectivity index (χ1) is 9.88. The Balaban J connectivity index is 2.82. The summed E-state index contributed by atoms with van der Waals surface area (Å²) in [6.45, 7) is 2.00. The van der Waals surface area contributed by atoms with E-state index in [2.05, 4.69) is 5.32 Å². The second-order valence-electron chi connectivity index (χ2n) is 5.22. The molecule has 21 heavy (non-hydrogen) atoms. The number of benzene rings is 1. The zero-order chi connectivity index (χ0) is 16.0. The molecule has 0 unspecified atom stereocenters. The highest BCUT2D eigenvalue weighted by Crippen LogP contribution is 2.24. The predicted octanol–water partition coefficient (Wildman–Crippen LogP) is 2.68. The number of likely N-dealkylation sites (N-methyl/N-ethyl adjacent to an activating group) is 1. The molecule has 1 rings (SSSR count). The van der Waals surface area contributed by atoms with E-state index in [-0.39, 0.29) is 23.9 Å². The fraction of sp³-hybridized carbons (Fsp3) is 0.533. The average molecular weight is 316 g/mol. The van der Waals surface area contributed by atoms with E-state index < -0.39 is 17.7 Å². The second kappa shape index (κ2) is 8.34. The normalized spacial score (nSPS) is 14.0. The third-order valence-electron chi connectivity index (χ3n) is 3.29. The van der Waals surface area contributed by atoms with E-state index in [4.69, 9.17) is 0 Å². The van der Waals surface area contributed by atoms with Gasteiger partial charge in [0.15, 0.2) is 0 Å². The largest absolute Gasteiger partial charge is 0.354 e. The number of halogens is 2. The van der Waals surface area contributed by atoms with Gasteiger partial charge in [0.2, 0.25) is 5.91 Å². The van der Waals surface area contributed by atoms with Crippen molar-refractivity contribution in [2.24, 2.45) is 5.92 Å². The van der Waals surface area contributed by atoms with Gasteiger partial charge in [-0.05, 0) is 32.5 Å². The van der Waals surface area contributed by atoms with Crippen LogP contribution in [0.2, 0.25) is 0 Å². The zero-order valence-electron chi connectivity index (χ0n) is 12.8. The van der Waals surface area contributed by atoms with Crippen LogP contribution in [0.1, 0.15) is 18.5 Å². The van der Waals surface area contributed by atoms with Gasteiger partial charge in [-0.2, -0.15) is 11.8 Å². The van der Waals surface area contributed by atoms with Crippen LogP contribution in [0.3, 0.4) is 0 Å². The lowest BCUT2D eigenvalue weighted by Gasteiger charge is -2.26. The number of hydrogen-bond acceptors (Lipinski definition) is 3. The Hall–Kier alpha value is -1.14. The Morgan fingerprint density at radius 1 is 1.33 bits per heavy atom. The summed E-state index contributed by atoms with van der Waals surface area (Å²) < 4.78 is 27.8. The number of nitrogens with zero attached hydrogens (tertiary/aromatic N) is 1. The first-order valence-corrected chi connectivity index (χ1v) is 8.14. The molecule has 1 N–H and O–H groups in total. The zero-order valence-corrected chi connectivity index (χ0v) is 13.6. The summed E-state index contributed by atoms with van der Waals surface area (Å²) in [5, 5.41) is 2.77. The number of rotatable bonds is 7. The lowest BCUT2D eigenvalue weighted by Crippen LogP contribution is -2.38. The maximum absolute atomic E-state index is 13.9. The third-order valence-corrected chi connectivity index (χ3v) is 4.12. The third kappa shape index (κ3) is 4.97. The number of carbonyl (C=O) groups excluding carboxylic acids is 1. The van der Waals surface area contributed by atoms with E-state index in [0.717, 1.165) is 0 Å². The first-order valence-electron chi connectivity index (χ1n) is 6.75. The highest BCUT2D eigenvalue weighted by atomic mass is 32.2. The first kappa shape index (κ1) is 17.9. The van der Waals surface area contributed by atoms with Crippen molar-refractivity contribution in [1.29, 1.82) is 0 Å². The van der Waals surface area contributed by atoms with Crippen molar-refractivity contribution in [3.8, 4) is 0 Å². The topological polar surface area (TPSA) is 32.3 Å². The van der Waals surface area contributed by atoms with Gasteiger partial charge >= 0.3 is 0 Å². The fourth-order valence-corrected chi connectivity index (χ4v) is 2.72. The molecule has 0 radical (unpaired) electrons.